The molecule has 0 spiro atoms. The summed E-state index contributed by atoms with van der Waals surface area (Å²) in [6.45, 7) is 9.51. The Morgan fingerprint density at radius 3 is 2.59 bits per heavy atom. The van der Waals surface area contributed by atoms with E-state index in [1.807, 2.05) is 48.8 Å². The number of nitrogens with two attached hydrogens (primary N) is 1. The van der Waals surface area contributed by atoms with Crippen molar-refractivity contribution >= 4 is 40.8 Å². The Bertz CT molecular complexity index is 1730. The summed E-state index contributed by atoms with van der Waals surface area (Å²) in [5.41, 5.74) is 8.14. The highest BCUT2D eigenvalue weighted by molar-refractivity contribution is 7.99. The van der Waals surface area contributed by atoms with Crippen LogP contribution in [0.5, 0.6) is 5.75 Å². The van der Waals surface area contributed by atoms with Crippen LogP contribution in [0.25, 0.3) is 10.4 Å². The normalized spacial score (nSPS) is 19.0. The zero-order valence-corrected chi connectivity index (χ0v) is 33.6. The van der Waals surface area contributed by atoms with E-state index in [0.717, 1.165) is 53.4 Å². The van der Waals surface area contributed by atoms with Gasteiger partial charge in [0, 0.05) is 48.3 Å². The lowest BCUT2D eigenvalue weighted by atomic mass is 9.85. The number of aliphatic hydroxyl groups excluding tert-OH is 1. The van der Waals surface area contributed by atoms with Crippen molar-refractivity contribution in [2.24, 2.45) is 11.1 Å². The van der Waals surface area contributed by atoms with E-state index >= 15 is 0 Å². The number of likely N-dealkylation sites (tertiary alicyclic amines) is 1. The van der Waals surface area contributed by atoms with Crippen LogP contribution in [-0.2, 0) is 20.9 Å². The molecule has 1 aliphatic carbocycles. The van der Waals surface area contributed by atoms with Crippen molar-refractivity contribution in [2.45, 2.75) is 101 Å². The first-order valence-corrected chi connectivity index (χ1v) is 20.6. The molecule has 4 atom stereocenters. The number of thioether (sulfide) groups is 1. The number of thiazole rings is 1. The third-order valence-corrected chi connectivity index (χ3v) is 12.1. The smallest absolute Gasteiger partial charge is 0.258 e. The molecule has 1 saturated carbocycles. The summed E-state index contributed by atoms with van der Waals surface area (Å²) >= 11 is 3.32. The zero-order valence-electron chi connectivity index (χ0n) is 32.0. The summed E-state index contributed by atoms with van der Waals surface area (Å²) in [6, 6.07) is 14.2. The van der Waals surface area contributed by atoms with Crippen LogP contribution in [-0.4, -0.2) is 107 Å². The Morgan fingerprint density at radius 1 is 1.19 bits per heavy atom. The van der Waals surface area contributed by atoms with Crippen molar-refractivity contribution < 1.29 is 28.6 Å². The lowest BCUT2D eigenvalue weighted by molar-refractivity contribution is -0.145. The van der Waals surface area contributed by atoms with Gasteiger partial charge < -0.3 is 36.0 Å². The molecule has 2 aliphatic rings. The van der Waals surface area contributed by atoms with Gasteiger partial charge in [0.1, 0.15) is 17.8 Å². The van der Waals surface area contributed by atoms with E-state index in [1.165, 1.54) is 9.80 Å². The third-order valence-electron chi connectivity index (χ3n) is 9.91. The zero-order chi connectivity index (χ0) is 39.0. The average molecular weight is 783 g/mol. The fourth-order valence-electron chi connectivity index (χ4n) is 6.39. The summed E-state index contributed by atoms with van der Waals surface area (Å²) in [6.07, 6.45) is 1.05. The second kappa shape index (κ2) is 18.4. The fraction of sp³-hybridized carbons (Fsp3) is 0.550. The molecule has 0 bridgehead atoms. The number of β-amino-alcohol motifs (C(OH)–C–C–N with tert-alkyl or cyclic N) is 1. The van der Waals surface area contributed by atoms with Crippen molar-refractivity contribution in [3.8, 4) is 16.2 Å². The number of nitrogens with zero attached hydrogens (tertiary/aromatic N) is 3. The largest absolute Gasteiger partial charge is 0.493 e. The van der Waals surface area contributed by atoms with Gasteiger partial charge in [0.2, 0.25) is 11.8 Å². The second-order valence-electron chi connectivity index (χ2n) is 15.6. The maximum absolute atomic E-state index is 14.6. The molecule has 2 heterocycles. The van der Waals surface area contributed by atoms with E-state index in [9.17, 15) is 23.9 Å². The number of aryl methyl sites for hydroxylation is 1. The van der Waals surface area contributed by atoms with Crippen LogP contribution in [0.4, 0.5) is 4.39 Å². The van der Waals surface area contributed by atoms with Gasteiger partial charge in [-0.25, -0.2) is 9.37 Å². The van der Waals surface area contributed by atoms with Gasteiger partial charge in [-0.05, 0) is 75.4 Å². The number of alkyl halides is 1. The summed E-state index contributed by atoms with van der Waals surface area (Å²) in [4.78, 5) is 50.4. The standard InChI is InChI=1S/C40H55FN6O5S2/c1-26-34(54-25-44-26)27-12-13-28(33(20-27)52-19-9-17-46(5)18-14-29(42)24-53-31-10-7-6-8-11-31)22-43-36(49)32-21-30(48)23-47(32)37(50)35(39(2,3)4)45-38(51)40(41)15-16-40/h6-8,10-13,20,25,29-30,32,35,48H,9,14-19,21-24,42H2,1-5H3,(H,43,49)(H,45,51)/t29?,30-,32+,35?/m1/s1. The number of hydrogen-bond donors (Lipinski definition) is 4. The molecular formula is C40H55FN6O5S2. The molecule has 1 aromatic heterocycles. The first-order chi connectivity index (χ1) is 25.6. The van der Waals surface area contributed by atoms with Gasteiger partial charge in [0.05, 0.1) is 28.8 Å². The van der Waals surface area contributed by atoms with Gasteiger partial charge in [-0.2, -0.15) is 0 Å². The van der Waals surface area contributed by atoms with Crippen molar-refractivity contribution in [1.29, 1.82) is 0 Å². The minimum Gasteiger partial charge on any atom is -0.493 e. The number of aliphatic hydroxyl groups is 1. The number of carbonyl (C=O) groups is 3. The number of hydrogen-bond acceptors (Lipinski definition) is 10. The Kier molecular flexibility index (Phi) is 14.2. The molecule has 294 valence electrons. The Morgan fingerprint density at radius 2 is 1.93 bits per heavy atom. The number of aromatic nitrogens is 1. The Balaban J connectivity index is 1.18. The van der Waals surface area contributed by atoms with Crippen LogP contribution in [0.1, 0.15) is 64.1 Å². The second-order valence-corrected chi connectivity index (χ2v) is 17.6. The van der Waals surface area contributed by atoms with Gasteiger partial charge in [-0.3, -0.25) is 14.4 Å². The van der Waals surface area contributed by atoms with E-state index in [-0.39, 0.29) is 38.4 Å². The highest BCUT2D eigenvalue weighted by Crippen LogP contribution is 2.40. The molecule has 5 rings (SSSR count). The summed E-state index contributed by atoms with van der Waals surface area (Å²) in [7, 11) is 2.08. The molecule has 3 aromatic rings. The molecule has 5 N–H and O–H groups in total. The van der Waals surface area contributed by atoms with E-state index < -0.39 is 47.0 Å². The third kappa shape index (κ3) is 11.2. The van der Waals surface area contributed by atoms with Crippen molar-refractivity contribution in [1.82, 2.24) is 25.4 Å². The quantitative estimate of drug-likeness (QED) is 0.104. The lowest BCUT2D eigenvalue weighted by Crippen LogP contribution is -2.59. The van der Waals surface area contributed by atoms with Gasteiger partial charge in [-0.15, -0.1) is 23.1 Å². The monoisotopic (exact) mass is 782 g/mol. The van der Waals surface area contributed by atoms with E-state index in [0.29, 0.717) is 12.4 Å². The average Bonchev–Trinajstić information content (AvgIpc) is 3.55. The van der Waals surface area contributed by atoms with E-state index in [1.54, 1.807) is 43.9 Å². The van der Waals surface area contributed by atoms with Gasteiger partial charge in [0.15, 0.2) is 5.67 Å². The van der Waals surface area contributed by atoms with Gasteiger partial charge in [0.25, 0.3) is 5.91 Å². The first-order valence-electron chi connectivity index (χ1n) is 18.7. The summed E-state index contributed by atoms with van der Waals surface area (Å²) < 4.78 is 20.9. The maximum Gasteiger partial charge on any atom is 0.258 e. The number of rotatable bonds is 18. The molecule has 1 aliphatic heterocycles. The number of nitrogens with one attached hydrogen (secondary N) is 2. The molecule has 11 nitrogen and oxygen atoms in total. The molecule has 2 unspecified atom stereocenters. The molecule has 2 aromatic carbocycles. The summed E-state index contributed by atoms with van der Waals surface area (Å²) in [5.74, 6) is -0.271. The van der Waals surface area contributed by atoms with Crippen LogP contribution in [0, 0.1) is 12.3 Å². The van der Waals surface area contributed by atoms with Crippen LogP contribution in [0.3, 0.4) is 0 Å². The van der Waals surface area contributed by atoms with E-state index in [4.69, 9.17) is 10.5 Å². The highest BCUT2D eigenvalue weighted by atomic mass is 32.2. The Labute approximate surface area is 326 Å². The van der Waals surface area contributed by atoms with Crippen LogP contribution >= 0.6 is 23.1 Å². The molecule has 0 radical (unpaired) electrons. The van der Waals surface area contributed by atoms with Crippen LogP contribution in [0.15, 0.2) is 58.9 Å². The van der Waals surface area contributed by atoms with Gasteiger partial charge >= 0.3 is 0 Å². The number of halogens is 1. The Hall–Kier alpha value is -3.56. The number of amides is 3. The first kappa shape index (κ1) is 41.6. The molecule has 54 heavy (non-hydrogen) atoms. The van der Waals surface area contributed by atoms with Crippen LogP contribution in [0.2, 0.25) is 0 Å². The van der Waals surface area contributed by atoms with Crippen LogP contribution < -0.4 is 21.1 Å². The van der Waals surface area contributed by atoms with Crippen molar-refractivity contribution in [3.63, 3.8) is 0 Å². The predicted molar refractivity (Wildman–Crippen MR) is 212 cm³/mol. The minimum atomic E-state index is -1.95. The number of carbonyl (C=O) groups excluding carboxylic acids is 3. The molecular weight excluding hydrogens is 728 g/mol. The van der Waals surface area contributed by atoms with Crippen molar-refractivity contribution in [3.05, 3.63) is 65.3 Å². The van der Waals surface area contributed by atoms with Crippen molar-refractivity contribution in [2.75, 3.05) is 39.0 Å². The van der Waals surface area contributed by atoms with Gasteiger partial charge in [-0.1, -0.05) is 51.1 Å². The molecule has 3 amide bonds. The SMILES string of the molecule is Cc1ncsc1-c1ccc(CNC(=O)[C@@H]2C[C@@H](O)CN2C(=O)C(NC(=O)C2(F)CC2)C(C)(C)C)c(OCCCN(C)CCC(N)CSc2ccccc2)c1. The highest BCUT2D eigenvalue weighted by Gasteiger charge is 2.53. The minimum absolute atomic E-state index is 0.0483. The fourth-order valence-corrected chi connectivity index (χ4v) is 8.12. The summed E-state index contributed by atoms with van der Waals surface area (Å²) in [5, 5.41) is 16.1. The predicted octanol–water partition coefficient (Wildman–Crippen LogP) is 4.94. The topological polar surface area (TPSA) is 150 Å². The van der Waals surface area contributed by atoms with E-state index in [2.05, 4.69) is 39.7 Å². The molecule has 1 saturated heterocycles. The molecule has 14 heteroatoms. The maximum atomic E-state index is 14.6. The number of benzene rings is 2. The number of ether oxygens (including phenoxy) is 1. The lowest BCUT2D eigenvalue weighted by Gasteiger charge is -2.35. The molecule has 2 fully saturated rings.